The van der Waals surface area contributed by atoms with Crippen LogP contribution in [0, 0.1) is 0 Å². The van der Waals surface area contributed by atoms with E-state index in [4.69, 9.17) is 30.5 Å². The number of hydrogen-bond acceptors (Lipinski definition) is 6. The molecular weight excluding hydrogens is 422 g/mol. The number of rotatable bonds is 6. The highest BCUT2D eigenvalue weighted by molar-refractivity contribution is 6.35. The largest absolute Gasteiger partial charge is 0.493 e. The topological polar surface area (TPSA) is 74.3 Å². The zero-order valence-electron chi connectivity index (χ0n) is 17.8. The molecule has 162 valence electrons. The summed E-state index contributed by atoms with van der Waals surface area (Å²) >= 11 is 6.32. The van der Waals surface area contributed by atoms with Gasteiger partial charge in [0.1, 0.15) is 0 Å². The van der Waals surface area contributed by atoms with Crippen molar-refractivity contribution in [1.29, 1.82) is 0 Å². The first-order valence-corrected chi connectivity index (χ1v) is 9.65. The van der Waals surface area contributed by atoms with E-state index in [-0.39, 0.29) is 11.1 Å². The Balaban J connectivity index is 2.20. The number of benzene rings is 2. The average molecular weight is 444 g/mol. The summed E-state index contributed by atoms with van der Waals surface area (Å²) in [6.45, 7) is 1.67. The van der Waals surface area contributed by atoms with Gasteiger partial charge >= 0.3 is 5.97 Å². The van der Waals surface area contributed by atoms with E-state index in [2.05, 4.69) is 0 Å². The van der Waals surface area contributed by atoms with Crippen molar-refractivity contribution in [2.24, 2.45) is 0 Å². The van der Waals surface area contributed by atoms with Gasteiger partial charge in [0.25, 0.3) is 5.91 Å². The molecule has 1 aliphatic rings. The van der Waals surface area contributed by atoms with Crippen molar-refractivity contribution in [2.75, 3.05) is 33.3 Å². The SMILES string of the molecule is COC(=O)C1=C(C)N(c2ccccc2Cl)C(=O)/C1=C\c1cc(OC)c(OC)c(OC)c1. The Bertz CT molecular complexity index is 1080. The number of esters is 1. The first kappa shape index (κ1) is 22.2. The summed E-state index contributed by atoms with van der Waals surface area (Å²) in [4.78, 5) is 27.4. The lowest BCUT2D eigenvalue weighted by atomic mass is 10.0. The minimum atomic E-state index is -0.626. The molecular formula is C23H22ClNO6. The standard InChI is InChI=1S/C23H22ClNO6/c1-13-20(23(27)31-5)15(22(26)25(13)17-9-7-6-8-16(17)24)10-14-11-18(28-2)21(30-4)19(12-14)29-3/h6-12H,1-5H3/b15-10-. The van der Waals surface area contributed by atoms with Crippen molar-refractivity contribution >= 4 is 35.2 Å². The van der Waals surface area contributed by atoms with E-state index in [1.165, 1.54) is 33.3 Å². The van der Waals surface area contributed by atoms with Crippen LogP contribution in [-0.4, -0.2) is 40.3 Å². The minimum Gasteiger partial charge on any atom is -0.493 e. The second kappa shape index (κ2) is 9.14. The third kappa shape index (κ3) is 3.96. The Morgan fingerprint density at radius 3 is 2.13 bits per heavy atom. The number of carbonyl (C=O) groups excluding carboxylic acids is 2. The Hall–Kier alpha value is -3.45. The highest BCUT2D eigenvalue weighted by Gasteiger charge is 2.38. The van der Waals surface area contributed by atoms with E-state index in [0.717, 1.165) is 0 Å². The number of halogens is 1. The molecule has 7 nitrogen and oxygen atoms in total. The molecule has 1 aliphatic heterocycles. The third-order valence-corrected chi connectivity index (χ3v) is 5.20. The summed E-state index contributed by atoms with van der Waals surface area (Å²) in [5.74, 6) is 0.228. The van der Waals surface area contributed by atoms with Gasteiger partial charge in [-0.1, -0.05) is 23.7 Å². The van der Waals surface area contributed by atoms with Crippen LogP contribution in [0.5, 0.6) is 17.2 Å². The van der Waals surface area contributed by atoms with E-state index >= 15 is 0 Å². The van der Waals surface area contributed by atoms with Crippen LogP contribution in [0.1, 0.15) is 12.5 Å². The normalized spacial score (nSPS) is 14.8. The van der Waals surface area contributed by atoms with E-state index in [1.807, 2.05) is 0 Å². The molecule has 0 bridgehead atoms. The van der Waals surface area contributed by atoms with Crippen molar-refractivity contribution < 1.29 is 28.5 Å². The molecule has 0 saturated carbocycles. The number of carbonyl (C=O) groups is 2. The van der Waals surface area contributed by atoms with Crippen LogP contribution >= 0.6 is 11.6 Å². The molecule has 0 spiro atoms. The minimum absolute atomic E-state index is 0.154. The van der Waals surface area contributed by atoms with Crippen LogP contribution < -0.4 is 19.1 Å². The predicted octanol–water partition coefficient (Wildman–Crippen LogP) is 4.24. The lowest BCUT2D eigenvalue weighted by molar-refractivity contribution is -0.136. The molecule has 8 heteroatoms. The van der Waals surface area contributed by atoms with Crippen molar-refractivity contribution in [3.63, 3.8) is 0 Å². The Labute approximate surface area is 185 Å². The molecule has 0 unspecified atom stereocenters. The van der Waals surface area contributed by atoms with Crippen molar-refractivity contribution in [1.82, 2.24) is 0 Å². The van der Waals surface area contributed by atoms with Gasteiger partial charge in [-0.05, 0) is 42.8 Å². The van der Waals surface area contributed by atoms with Gasteiger partial charge in [0.2, 0.25) is 5.75 Å². The van der Waals surface area contributed by atoms with E-state index in [9.17, 15) is 9.59 Å². The van der Waals surface area contributed by atoms with Crippen molar-refractivity contribution in [3.05, 3.63) is 63.8 Å². The van der Waals surface area contributed by atoms with Gasteiger partial charge in [0.15, 0.2) is 11.5 Å². The maximum atomic E-state index is 13.4. The van der Waals surface area contributed by atoms with Gasteiger partial charge in [-0.3, -0.25) is 9.69 Å². The average Bonchev–Trinajstić information content (AvgIpc) is 3.02. The number of nitrogens with zero attached hydrogens (tertiary/aromatic N) is 1. The Morgan fingerprint density at radius 1 is 1.00 bits per heavy atom. The van der Waals surface area contributed by atoms with Crippen LogP contribution in [0.3, 0.4) is 0 Å². The molecule has 0 atom stereocenters. The van der Waals surface area contributed by atoms with Crippen LogP contribution in [0.15, 0.2) is 53.2 Å². The summed E-state index contributed by atoms with van der Waals surface area (Å²) in [6.07, 6.45) is 1.58. The quantitative estimate of drug-likeness (QED) is 0.491. The smallest absolute Gasteiger partial charge is 0.340 e. The zero-order chi connectivity index (χ0) is 22.7. The van der Waals surface area contributed by atoms with Crippen LogP contribution in [0.4, 0.5) is 5.69 Å². The fraction of sp³-hybridized carbons (Fsp3) is 0.217. The summed E-state index contributed by atoms with van der Waals surface area (Å²) in [7, 11) is 5.76. The molecule has 0 aliphatic carbocycles. The van der Waals surface area contributed by atoms with Crippen LogP contribution in [0.2, 0.25) is 5.02 Å². The number of methoxy groups -OCH3 is 4. The Kier molecular flexibility index (Phi) is 6.56. The van der Waals surface area contributed by atoms with E-state index in [0.29, 0.717) is 39.2 Å². The monoisotopic (exact) mass is 443 g/mol. The molecule has 2 aromatic rings. The van der Waals surface area contributed by atoms with Gasteiger partial charge in [-0.2, -0.15) is 0 Å². The molecule has 31 heavy (non-hydrogen) atoms. The first-order chi connectivity index (χ1) is 14.9. The number of para-hydroxylation sites is 1. The fourth-order valence-electron chi connectivity index (χ4n) is 3.45. The van der Waals surface area contributed by atoms with Crippen LogP contribution in [-0.2, 0) is 14.3 Å². The summed E-state index contributed by atoms with van der Waals surface area (Å²) in [5.41, 5.74) is 1.79. The third-order valence-electron chi connectivity index (χ3n) is 4.88. The predicted molar refractivity (Wildman–Crippen MR) is 118 cm³/mol. The number of amides is 1. The molecule has 3 rings (SSSR count). The maximum absolute atomic E-state index is 13.4. The first-order valence-electron chi connectivity index (χ1n) is 9.28. The summed E-state index contributed by atoms with van der Waals surface area (Å²) in [6, 6.07) is 10.3. The molecule has 1 heterocycles. The molecule has 0 fully saturated rings. The summed E-state index contributed by atoms with van der Waals surface area (Å²) < 4.78 is 21.1. The van der Waals surface area contributed by atoms with Crippen LogP contribution in [0.25, 0.3) is 6.08 Å². The lowest BCUT2D eigenvalue weighted by Crippen LogP contribution is -2.24. The van der Waals surface area contributed by atoms with E-state index in [1.54, 1.807) is 49.4 Å². The number of hydrogen-bond donors (Lipinski definition) is 0. The second-order valence-corrected chi connectivity index (χ2v) is 6.97. The Morgan fingerprint density at radius 2 is 1.61 bits per heavy atom. The lowest BCUT2D eigenvalue weighted by Gasteiger charge is -2.19. The van der Waals surface area contributed by atoms with Crippen molar-refractivity contribution in [2.45, 2.75) is 6.92 Å². The highest BCUT2D eigenvalue weighted by atomic mass is 35.5. The van der Waals surface area contributed by atoms with Gasteiger partial charge < -0.3 is 18.9 Å². The maximum Gasteiger partial charge on any atom is 0.340 e. The molecule has 0 radical (unpaired) electrons. The van der Waals surface area contributed by atoms with Gasteiger partial charge in [0, 0.05) is 5.70 Å². The molecule has 0 saturated heterocycles. The summed E-state index contributed by atoms with van der Waals surface area (Å²) in [5, 5.41) is 0.383. The molecule has 0 aromatic heterocycles. The second-order valence-electron chi connectivity index (χ2n) is 6.56. The van der Waals surface area contributed by atoms with Gasteiger partial charge in [-0.15, -0.1) is 0 Å². The highest BCUT2D eigenvalue weighted by Crippen LogP contribution is 2.41. The van der Waals surface area contributed by atoms with Gasteiger partial charge in [-0.25, -0.2) is 4.79 Å². The molecule has 1 amide bonds. The zero-order valence-corrected chi connectivity index (χ0v) is 18.6. The molecule has 0 N–H and O–H groups in total. The number of anilines is 1. The van der Waals surface area contributed by atoms with Gasteiger partial charge in [0.05, 0.1) is 50.3 Å². The van der Waals surface area contributed by atoms with Crippen molar-refractivity contribution in [3.8, 4) is 17.2 Å². The number of ether oxygens (including phenoxy) is 4. The molecule has 2 aromatic carbocycles. The fourth-order valence-corrected chi connectivity index (χ4v) is 3.67. The van der Waals surface area contributed by atoms with E-state index < -0.39 is 11.9 Å². The number of allylic oxidation sites excluding steroid dienone is 1.